The number of benzene rings is 2. The highest BCUT2D eigenvalue weighted by Crippen LogP contribution is 2.39. The lowest BCUT2D eigenvalue weighted by atomic mass is 10.2. The van der Waals surface area contributed by atoms with Gasteiger partial charge in [-0.2, -0.15) is 5.26 Å². The number of para-hydroxylation sites is 1. The van der Waals surface area contributed by atoms with Crippen molar-refractivity contribution in [3.05, 3.63) is 48.0 Å². The van der Waals surface area contributed by atoms with Crippen LogP contribution in [-0.4, -0.2) is 28.0 Å². The van der Waals surface area contributed by atoms with E-state index in [1.807, 2.05) is 6.07 Å². The Morgan fingerprint density at radius 2 is 1.96 bits per heavy atom. The van der Waals surface area contributed by atoms with Crippen LogP contribution in [0.25, 0.3) is 0 Å². The van der Waals surface area contributed by atoms with E-state index in [0.29, 0.717) is 11.4 Å². The van der Waals surface area contributed by atoms with E-state index in [4.69, 9.17) is 10.00 Å². The number of hydrogen-bond acceptors (Lipinski definition) is 5. The molecule has 0 bridgehead atoms. The van der Waals surface area contributed by atoms with Crippen molar-refractivity contribution >= 4 is 27.3 Å². The second kappa shape index (κ2) is 5.86. The molecular weight excluding hydrogens is 330 g/mol. The average molecular weight is 343 g/mol. The molecule has 0 saturated carbocycles. The third-order valence-corrected chi connectivity index (χ3v) is 5.02. The maximum atomic E-state index is 12.6. The van der Waals surface area contributed by atoms with E-state index in [0.717, 1.165) is 0 Å². The molecule has 24 heavy (non-hydrogen) atoms. The minimum absolute atomic E-state index is 0.0375. The highest BCUT2D eigenvalue weighted by atomic mass is 32.2. The van der Waals surface area contributed by atoms with Gasteiger partial charge < -0.3 is 9.64 Å². The molecule has 0 unspecified atom stereocenters. The Labute approximate surface area is 139 Å². The lowest BCUT2D eigenvalue weighted by molar-refractivity contribution is -0.120. The molecule has 8 heteroatoms. The van der Waals surface area contributed by atoms with Crippen LogP contribution in [0, 0.1) is 11.3 Å². The van der Waals surface area contributed by atoms with E-state index in [9.17, 15) is 13.2 Å². The second-order valence-corrected chi connectivity index (χ2v) is 6.76. The van der Waals surface area contributed by atoms with Gasteiger partial charge >= 0.3 is 0 Å². The number of rotatable bonds is 3. The first-order chi connectivity index (χ1) is 11.4. The third-order valence-electron chi connectivity index (χ3n) is 3.60. The summed E-state index contributed by atoms with van der Waals surface area (Å²) in [5.41, 5.74) is 0.582. The van der Waals surface area contributed by atoms with Gasteiger partial charge in [-0.15, -0.1) is 0 Å². The molecule has 1 aliphatic rings. The quantitative estimate of drug-likeness (QED) is 0.914. The van der Waals surface area contributed by atoms with Crippen molar-refractivity contribution in [2.45, 2.75) is 4.90 Å². The molecule has 0 saturated heterocycles. The number of nitriles is 1. The van der Waals surface area contributed by atoms with Crippen LogP contribution in [0.4, 0.5) is 11.4 Å². The van der Waals surface area contributed by atoms with Gasteiger partial charge in [0.2, 0.25) is 0 Å². The molecule has 0 fully saturated rings. The maximum absolute atomic E-state index is 12.6. The SMILES string of the molecule is CN1C(=O)COc2cccc(NS(=O)(=O)c3ccccc3C#N)c21. The number of ether oxygens (including phenoxy) is 1. The zero-order valence-electron chi connectivity index (χ0n) is 12.7. The first-order valence-corrected chi connectivity index (χ1v) is 8.46. The van der Waals surface area contributed by atoms with E-state index in [1.54, 1.807) is 25.2 Å². The summed E-state index contributed by atoms with van der Waals surface area (Å²) >= 11 is 0. The number of anilines is 2. The summed E-state index contributed by atoms with van der Waals surface area (Å²) < 4.78 is 33.1. The molecular formula is C16H13N3O4S. The van der Waals surface area contributed by atoms with Crippen LogP contribution in [0.1, 0.15) is 5.56 Å². The molecule has 1 aliphatic heterocycles. The molecule has 2 aromatic rings. The zero-order chi connectivity index (χ0) is 17.3. The Hall–Kier alpha value is -3.05. The van der Waals surface area contributed by atoms with Crippen molar-refractivity contribution in [2.24, 2.45) is 0 Å². The fraction of sp³-hybridized carbons (Fsp3) is 0.125. The third kappa shape index (κ3) is 2.66. The van der Waals surface area contributed by atoms with Gasteiger partial charge in [-0.1, -0.05) is 18.2 Å². The number of carbonyl (C=O) groups excluding carboxylic acids is 1. The first-order valence-electron chi connectivity index (χ1n) is 6.98. The topological polar surface area (TPSA) is 99.5 Å². The summed E-state index contributed by atoms with van der Waals surface area (Å²) in [4.78, 5) is 13.0. The van der Waals surface area contributed by atoms with Crippen LogP contribution in [0.2, 0.25) is 0 Å². The molecule has 122 valence electrons. The molecule has 1 heterocycles. The number of carbonyl (C=O) groups is 1. The van der Waals surface area contributed by atoms with Crippen molar-refractivity contribution in [2.75, 3.05) is 23.3 Å². The van der Waals surface area contributed by atoms with E-state index >= 15 is 0 Å². The summed E-state index contributed by atoms with van der Waals surface area (Å²) in [5.74, 6) is 0.123. The van der Waals surface area contributed by atoms with Crippen LogP contribution in [0.3, 0.4) is 0 Å². The minimum Gasteiger partial charge on any atom is -0.481 e. The van der Waals surface area contributed by atoms with Crippen molar-refractivity contribution in [1.82, 2.24) is 0 Å². The molecule has 0 radical (unpaired) electrons. The Balaban J connectivity index is 2.07. The van der Waals surface area contributed by atoms with Crippen LogP contribution < -0.4 is 14.4 Å². The van der Waals surface area contributed by atoms with Gasteiger partial charge in [-0.05, 0) is 24.3 Å². The van der Waals surface area contributed by atoms with Crippen LogP contribution >= 0.6 is 0 Å². The maximum Gasteiger partial charge on any atom is 0.264 e. The second-order valence-electron chi connectivity index (χ2n) is 5.11. The van der Waals surface area contributed by atoms with Gasteiger partial charge in [-0.3, -0.25) is 9.52 Å². The Bertz CT molecular complexity index is 964. The van der Waals surface area contributed by atoms with Crippen LogP contribution in [0.15, 0.2) is 47.4 Å². The largest absolute Gasteiger partial charge is 0.481 e. The van der Waals surface area contributed by atoms with Crippen LogP contribution in [0.5, 0.6) is 5.75 Å². The molecule has 0 atom stereocenters. The van der Waals surface area contributed by atoms with E-state index < -0.39 is 10.0 Å². The average Bonchev–Trinajstić information content (AvgIpc) is 2.58. The normalized spacial score (nSPS) is 13.7. The summed E-state index contributed by atoms with van der Waals surface area (Å²) in [5, 5.41) is 9.10. The van der Waals surface area contributed by atoms with Gasteiger partial charge in [0.25, 0.3) is 15.9 Å². The molecule has 1 N–H and O–H groups in total. The molecule has 0 aromatic heterocycles. The standard InChI is InChI=1S/C16H13N3O4S/c1-19-15(20)10-23-13-7-4-6-12(16(13)19)18-24(21,22)14-8-3-2-5-11(14)9-17/h2-8,18H,10H2,1H3. The lowest BCUT2D eigenvalue weighted by Gasteiger charge is -2.28. The number of nitrogens with zero attached hydrogens (tertiary/aromatic N) is 2. The predicted molar refractivity (Wildman–Crippen MR) is 87.3 cm³/mol. The smallest absolute Gasteiger partial charge is 0.264 e. The zero-order valence-corrected chi connectivity index (χ0v) is 13.5. The van der Waals surface area contributed by atoms with Gasteiger partial charge in [0.1, 0.15) is 22.4 Å². The van der Waals surface area contributed by atoms with Gasteiger partial charge in [0.05, 0.1) is 11.3 Å². The number of amides is 1. The van der Waals surface area contributed by atoms with Gasteiger partial charge in [0, 0.05) is 7.05 Å². The van der Waals surface area contributed by atoms with Gasteiger partial charge in [0.15, 0.2) is 6.61 Å². The summed E-state index contributed by atoms with van der Waals surface area (Å²) in [7, 11) is -2.45. The predicted octanol–water partition coefficient (Wildman–Crippen LogP) is 1.71. The summed E-state index contributed by atoms with van der Waals surface area (Å²) in [6.45, 7) is -0.100. The Morgan fingerprint density at radius 3 is 2.71 bits per heavy atom. The van der Waals surface area contributed by atoms with Gasteiger partial charge in [-0.25, -0.2) is 8.42 Å². The number of fused-ring (bicyclic) bond motifs is 1. The highest BCUT2D eigenvalue weighted by Gasteiger charge is 2.27. The fourth-order valence-corrected chi connectivity index (χ4v) is 3.65. The first kappa shape index (κ1) is 15.8. The number of likely N-dealkylation sites (N-methyl/N-ethyl adjacent to an activating group) is 1. The molecule has 3 rings (SSSR count). The van der Waals surface area contributed by atoms with E-state index in [1.165, 1.54) is 29.2 Å². The Morgan fingerprint density at radius 1 is 1.21 bits per heavy atom. The Kier molecular flexibility index (Phi) is 3.87. The fourth-order valence-electron chi connectivity index (χ4n) is 2.42. The summed E-state index contributed by atoms with van der Waals surface area (Å²) in [6.07, 6.45) is 0. The minimum atomic E-state index is -4.00. The van der Waals surface area contributed by atoms with Crippen molar-refractivity contribution in [1.29, 1.82) is 5.26 Å². The van der Waals surface area contributed by atoms with E-state index in [-0.39, 0.29) is 28.7 Å². The molecule has 7 nitrogen and oxygen atoms in total. The van der Waals surface area contributed by atoms with Crippen molar-refractivity contribution in [3.63, 3.8) is 0 Å². The van der Waals surface area contributed by atoms with Crippen LogP contribution in [-0.2, 0) is 14.8 Å². The number of hydrogen-bond donors (Lipinski definition) is 1. The number of sulfonamides is 1. The van der Waals surface area contributed by atoms with E-state index in [2.05, 4.69) is 4.72 Å². The lowest BCUT2D eigenvalue weighted by Crippen LogP contribution is -2.36. The summed E-state index contributed by atoms with van der Waals surface area (Å²) in [6, 6.07) is 12.6. The monoisotopic (exact) mass is 343 g/mol. The highest BCUT2D eigenvalue weighted by molar-refractivity contribution is 7.92. The molecule has 1 amide bonds. The molecule has 2 aromatic carbocycles. The molecule has 0 spiro atoms. The molecule has 0 aliphatic carbocycles. The number of nitrogens with one attached hydrogen (secondary N) is 1. The van der Waals surface area contributed by atoms with Crippen molar-refractivity contribution in [3.8, 4) is 11.8 Å². The van der Waals surface area contributed by atoms with Crippen molar-refractivity contribution < 1.29 is 17.9 Å².